The van der Waals surface area contributed by atoms with E-state index in [-0.39, 0.29) is 6.54 Å². The van der Waals surface area contributed by atoms with E-state index >= 15 is 0 Å². The van der Waals surface area contributed by atoms with Crippen molar-refractivity contribution in [1.29, 1.82) is 0 Å². The Hall–Kier alpha value is -1.75. The molecule has 0 bridgehead atoms. The Morgan fingerprint density at radius 1 is 1.47 bits per heavy atom. The molecule has 6 heteroatoms. The van der Waals surface area contributed by atoms with Crippen LogP contribution >= 0.6 is 11.6 Å². The van der Waals surface area contributed by atoms with Crippen molar-refractivity contribution in [2.24, 2.45) is 5.73 Å². The van der Waals surface area contributed by atoms with E-state index in [9.17, 15) is 9.59 Å². The summed E-state index contributed by atoms with van der Waals surface area (Å²) in [6.07, 6.45) is 0. The molecule has 92 valence electrons. The number of halogens is 1. The Morgan fingerprint density at radius 3 is 2.59 bits per heavy atom. The normalized spacial score (nSPS) is 9.82. The first-order valence-electron chi connectivity index (χ1n) is 4.83. The lowest BCUT2D eigenvalue weighted by Gasteiger charge is -2.15. The van der Waals surface area contributed by atoms with Crippen LogP contribution in [0, 0.1) is 0 Å². The molecule has 2 N–H and O–H groups in total. The zero-order chi connectivity index (χ0) is 13.0. The van der Waals surface area contributed by atoms with Crippen LogP contribution in [0.5, 0.6) is 5.75 Å². The first-order valence-corrected chi connectivity index (χ1v) is 5.20. The van der Waals surface area contributed by atoms with Gasteiger partial charge in [-0.05, 0) is 17.7 Å². The summed E-state index contributed by atoms with van der Waals surface area (Å²) in [6, 6.07) is 5.13. The molecule has 0 aromatic heterocycles. The van der Waals surface area contributed by atoms with Gasteiger partial charge >= 0.3 is 11.8 Å². The van der Waals surface area contributed by atoms with Crippen molar-refractivity contribution >= 4 is 23.4 Å². The molecule has 0 atom stereocenters. The first-order chi connectivity index (χ1) is 7.95. The molecule has 0 radical (unpaired) electrons. The summed E-state index contributed by atoms with van der Waals surface area (Å²) in [5, 5.41) is 0.449. The summed E-state index contributed by atoms with van der Waals surface area (Å²) >= 11 is 5.94. The Labute approximate surface area is 104 Å². The van der Waals surface area contributed by atoms with E-state index < -0.39 is 11.8 Å². The average Bonchev–Trinajstić information content (AvgIpc) is 2.28. The van der Waals surface area contributed by atoms with Crippen molar-refractivity contribution in [2.45, 2.75) is 6.54 Å². The zero-order valence-electron chi connectivity index (χ0n) is 9.57. The van der Waals surface area contributed by atoms with Gasteiger partial charge in [-0.1, -0.05) is 17.7 Å². The van der Waals surface area contributed by atoms with Gasteiger partial charge in [0, 0.05) is 13.6 Å². The highest BCUT2D eigenvalue weighted by atomic mass is 35.5. The molecule has 0 aliphatic carbocycles. The highest BCUT2D eigenvalue weighted by molar-refractivity contribution is 6.34. The molecule has 0 aliphatic rings. The highest BCUT2D eigenvalue weighted by Crippen LogP contribution is 2.25. The third-order valence-corrected chi connectivity index (χ3v) is 2.49. The molecule has 17 heavy (non-hydrogen) atoms. The van der Waals surface area contributed by atoms with Gasteiger partial charge in [0.2, 0.25) is 0 Å². The minimum Gasteiger partial charge on any atom is -0.495 e. The number of likely N-dealkylation sites (N-methyl/N-ethyl adjacent to an activating group) is 1. The number of methoxy groups -OCH3 is 1. The van der Waals surface area contributed by atoms with E-state index in [1.54, 1.807) is 18.2 Å². The fourth-order valence-corrected chi connectivity index (χ4v) is 1.62. The maximum absolute atomic E-state index is 11.2. The van der Waals surface area contributed by atoms with Crippen molar-refractivity contribution < 1.29 is 14.3 Å². The van der Waals surface area contributed by atoms with Crippen LogP contribution in [0.25, 0.3) is 0 Å². The van der Waals surface area contributed by atoms with Crippen LogP contribution in [-0.4, -0.2) is 30.9 Å². The van der Waals surface area contributed by atoms with Gasteiger partial charge in [0.25, 0.3) is 0 Å². The lowest BCUT2D eigenvalue weighted by molar-refractivity contribution is -0.143. The van der Waals surface area contributed by atoms with E-state index in [4.69, 9.17) is 22.1 Å². The molecular formula is C11H13ClN2O3. The van der Waals surface area contributed by atoms with Crippen molar-refractivity contribution in [3.8, 4) is 5.75 Å². The second-order valence-electron chi connectivity index (χ2n) is 3.49. The topological polar surface area (TPSA) is 72.6 Å². The van der Waals surface area contributed by atoms with E-state index in [1.165, 1.54) is 19.1 Å². The quantitative estimate of drug-likeness (QED) is 0.813. The molecule has 1 rings (SSSR count). The lowest BCUT2D eigenvalue weighted by atomic mass is 10.2. The van der Waals surface area contributed by atoms with Gasteiger partial charge in [-0.3, -0.25) is 9.59 Å². The smallest absolute Gasteiger partial charge is 0.311 e. The number of ether oxygens (including phenoxy) is 1. The number of carbonyl (C=O) groups excluding carboxylic acids is 2. The van der Waals surface area contributed by atoms with Crippen LogP contribution in [-0.2, 0) is 16.1 Å². The summed E-state index contributed by atoms with van der Waals surface area (Å²) in [4.78, 5) is 23.2. The third-order valence-electron chi connectivity index (χ3n) is 2.19. The number of rotatable bonds is 3. The van der Waals surface area contributed by atoms with Crippen LogP contribution in [0.4, 0.5) is 0 Å². The molecule has 0 unspecified atom stereocenters. The number of primary amides is 1. The summed E-state index contributed by atoms with van der Waals surface area (Å²) < 4.78 is 5.00. The Morgan fingerprint density at radius 2 is 2.12 bits per heavy atom. The number of nitrogens with zero attached hydrogens (tertiary/aromatic N) is 1. The van der Waals surface area contributed by atoms with E-state index in [2.05, 4.69) is 0 Å². The molecule has 0 aliphatic heterocycles. The van der Waals surface area contributed by atoms with Crippen molar-refractivity contribution in [2.75, 3.05) is 14.2 Å². The van der Waals surface area contributed by atoms with Crippen molar-refractivity contribution in [3.05, 3.63) is 28.8 Å². The van der Waals surface area contributed by atoms with Gasteiger partial charge in [-0.15, -0.1) is 0 Å². The van der Waals surface area contributed by atoms with Gasteiger partial charge in [-0.2, -0.15) is 0 Å². The van der Waals surface area contributed by atoms with Crippen LogP contribution in [0.2, 0.25) is 5.02 Å². The molecule has 0 spiro atoms. The number of hydrogen-bond donors (Lipinski definition) is 1. The summed E-state index contributed by atoms with van der Waals surface area (Å²) in [7, 11) is 3.01. The maximum atomic E-state index is 11.2. The van der Waals surface area contributed by atoms with Gasteiger partial charge in [-0.25, -0.2) is 0 Å². The van der Waals surface area contributed by atoms with Crippen LogP contribution in [0.1, 0.15) is 5.56 Å². The number of amides is 2. The lowest BCUT2D eigenvalue weighted by Crippen LogP contribution is -2.37. The average molecular weight is 257 g/mol. The molecule has 0 saturated heterocycles. The molecule has 1 aromatic rings. The summed E-state index contributed by atoms with van der Waals surface area (Å²) in [6.45, 7) is 0.255. The summed E-state index contributed by atoms with van der Waals surface area (Å²) in [5.41, 5.74) is 5.67. The fourth-order valence-electron chi connectivity index (χ4n) is 1.34. The van der Waals surface area contributed by atoms with E-state index in [0.29, 0.717) is 10.8 Å². The third kappa shape index (κ3) is 3.35. The minimum absolute atomic E-state index is 0.255. The fraction of sp³-hybridized carbons (Fsp3) is 0.273. The van der Waals surface area contributed by atoms with Crippen LogP contribution in [0.3, 0.4) is 0 Å². The standard InChI is InChI=1S/C11H13ClN2O3/c1-14(11(16)10(13)15)6-7-3-4-9(17-2)8(12)5-7/h3-5H,6H2,1-2H3,(H2,13,15). The van der Waals surface area contributed by atoms with E-state index in [1.807, 2.05) is 0 Å². The largest absolute Gasteiger partial charge is 0.495 e. The van der Waals surface area contributed by atoms with Crippen LogP contribution in [0.15, 0.2) is 18.2 Å². The molecule has 0 heterocycles. The zero-order valence-corrected chi connectivity index (χ0v) is 10.3. The molecule has 0 saturated carbocycles. The van der Waals surface area contributed by atoms with Crippen molar-refractivity contribution in [3.63, 3.8) is 0 Å². The SMILES string of the molecule is COc1ccc(CN(C)C(=O)C(N)=O)cc1Cl. The van der Waals surface area contributed by atoms with Gasteiger partial charge in [0.05, 0.1) is 12.1 Å². The predicted molar refractivity (Wildman–Crippen MR) is 63.7 cm³/mol. The van der Waals surface area contributed by atoms with Gasteiger partial charge < -0.3 is 15.4 Å². The summed E-state index contributed by atoms with van der Waals surface area (Å²) in [5.74, 6) is -1.16. The Balaban J connectivity index is 2.79. The highest BCUT2D eigenvalue weighted by Gasteiger charge is 2.15. The first kappa shape index (κ1) is 13.3. The van der Waals surface area contributed by atoms with Crippen molar-refractivity contribution in [1.82, 2.24) is 4.90 Å². The second-order valence-corrected chi connectivity index (χ2v) is 3.90. The molecule has 5 nitrogen and oxygen atoms in total. The maximum Gasteiger partial charge on any atom is 0.311 e. The molecular weight excluding hydrogens is 244 g/mol. The number of benzene rings is 1. The van der Waals surface area contributed by atoms with Crippen LogP contribution < -0.4 is 10.5 Å². The number of nitrogens with two attached hydrogens (primary N) is 1. The minimum atomic E-state index is -0.980. The molecule has 0 fully saturated rings. The Bertz CT molecular complexity index is 448. The number of hydrogen-bond acceptors (Lipinski definition) is 3. The van der Waals surface area contributed by atoms with Gasteiger partial charge in [0.1, 0.15) is 5.75 Å². The Kier molecular flexibility index (Phi) is 4.34. The molecule has 1 aromatic carbocycles. The number of carbonyl (C=O) groups is 2. The monoisotopic (exact) mass is 256 g/mol. The molecule has 2 amide bonds. The van der Waals surface area contributed by atoms with E-state index in [0.717, 1.165) is 5.56 Å². The predicted octanol–water partition coefficient (Wildman–Crippen LogP) is 0.792. The van der Waals surface area contributed by atoms with Gasteiger partial charge in [0.15, 0.2) is 0 Å². The second kappa shape index (κ2) is 5.54.